The fourth-order valence-corrected chi connectivity index (χ4v) is 4.04. The highest BCUT2D eigenvalue weighted by Crippen LogP contribution is 2.31. The van der Waals surface area contributed by atoms with Crippen LogP contribution in [0.15, 0.2) is 48.5 Å². The van der Waals surface area contributed by atoms with E-state index in [1.54, 1.807) is 24.3 Å². The highest BCUT2D eigenvalue weighted by molar-refractivity contribution is 14.1. The van der Waals surface area contributed by atoms with Crippen molar-refractivity contribution in [1.29, 1.82) is 0 Å². The van der Waals surface area contributed by atoms with E-state index < -0.39 is 0 Å². The van der Waals surface area contributed by atoms with E-state index in [4.69, 9.17) is 10.5 Å². The Balaban J connectivity index is 1.68. The fraction of sp³-hybridized carbons (Fsp3) is 0.263. The summed E-state index contributed by atoms with van der Waals surface area (Å²) in [5.41, 5.74) is 8.53. The Morgan fingerprint density at radius 1 is 1.19 bits per heavy atom. The van der Waals surface area contributed by atoms with E-state index >= 15 is 0 Å². The molecule has 3 rings (SSSR count). The number of ether oxygens (including phenoxy) is 1. The predicted octanol–water partition coefficient (Wildman–Crippen LogP) is 3.42. The van der Waals surface area contributed by atoms with Gasteiger partial charge in [0.1, 0.15) is 10.2 Å². The van der Waals surface area contributed by atoms with Gasteiger partial charge in [-0.3, -0.25) is 9.59 Å². The number of nitrogens with one attached hydrogen (secondary N) is 1. The molecule has 0 spiro atoms. The quantitative estimate of drug-likeness (QED) is 0.238. The van der Waals surface area contributed by atoms with Crippen LogP contribution in [0.4, 0.5) is 17.1 Å². The number of carbonyl (C=O) groups excluding carboxylic acids is 2. The van der Waals surface area contributed by atoms with Gasteiger partial charge < -0.3 is 20.7 Å². The number of hydrogen-bond acceptors (Lipinski definition) is 5. The second-order valence-electron chi connectivity index (χ2n) is 6.09. The zero-order valence-corrected chi connectivity index (χ0v) is 16.5. The Morgan fingerprint density at radius 3 is 2.54 bits per heavy atom. The summed E-state index contributed by atoms with van der Waals surface area (Å²) in [4.78, 5) is 25.8. The first-order valence-electron chi connectivity index (χ1n) is 8.29. The van der Waals surface area contributed by atoms with Crippen LogP contribution in [0.1, 0.15) is 23.7 Å². The number of carbonyl (C=O) groups is 2. The van der Waals surface area contributed by atoms with Crippen molar-refractivity contribution >= 4 is 51.5 Å². The maximum Gasteiger partial charge on any atom is 0.303 e. The summed E-state index contributed by atoms with van der Waals surface area (Å²) in [6.07, 6.45) is 0.681. The predicted molar refractivity (Wildman–Crippen MR) is 111 cm³/mol. The number of nitrogens with zero attached hydrogens (tertiary/aromatic N) is 1. The molecule has 3 N–H and O–H groups in total. The molecular formula is C19H20IN3O3. The van der Waals surface area contributed by atoms with Crippen LogP contribution in [0, 0.1) is 0 Å². The first-order valence-corrected chi connectivity index (χ1v) is 9.54. The smallest absolute Gasteiger partial charge is 0.303 e. The van der Waals surface area contributed by atoms with Gasteiger partial charge in [-0.15, -0.1) is 0 Å². The normalized spacial score (nSPS) is 19.2. The maximum atomic E-state index is 12.4. The SMILES string of the molecule is CC(=O)OC1CCN(c2ccc(C(=O)Nc3ccccc3N)cc2)C1I. The molecule has 1 aliphatic heterocycles. The highest BCUT2D eigenvalue weighted by atomic mass is 127. The molecule has 0 radical (unpaired) electrons. The van der Waals surface area contributed by atoms with Gasteiger partial charge >= 0.3 is 5.97 Å². The van der Waals surface area contributed by atoms with Crippen LogP contribution >= 0.6 is 22.6 Å². The number of halogens is 1. The van der Waals surface area contributed by atoms with Crippen molar-refractivity contribution in [1.82, 2.24) is 0 Å². The topological polar surface area (TPSA) is 84.7 Å². The van der Waals surface area contributed by atoms with Crippen LogP contribution in [-0.2, 0) is 9.53 Å². The lowest BCUT2D eigenvalue weighted by Crippen LogP contribution is -2.31. The summed E-state index contributed by atoms with van der Waals surface area (Å²) in [7, 11) is 0. The minimum atomic E-state index is -0.259. The average Bonchev–Trinajstić information content (AvgIpc) is 2.97. The Morgan fingerprint density at radius 2 is 1.88 bits per heavy atom. The van der Waals surface area contributed by atoms with Gasteiger partial charge in [0.05, 0.1) is 11.4 Å². The molecule has 1 heterocycles. The highest BCUT2D eigenvalue weighted by Gasteiger charge is 2.34. The number of esters is 1. The molecule has 1 fully saturated rings. The number of nitrogens with two attached hydrogens (primary N) is 1. The first kappa shape index (κ1) is 18.5. The number of amides is 1. The second kappa shape index (κ2) is 7.94. The van der Waals surface area contributed by atoms with Crippen molar-refractivity contribution in [3.63, 3.8) is 0 Å². The van der Waals surface area contributed by atoms with Gasteiger partial charge in [0.2, 0.25) is 0 Å². The molecule has 2 aromatic carbocycles. The Kier molecular flexibility index (Phi) is 5.65. The van der Waals surface area contributed by atoms with Crippen LogP contribution < -0.4 is 16.0 Å². The summed E-state index contributed by atoms with van der Waals surface area (Å²) in [6, 6.07) is 14.5. The van der Waals surface area contributed by atoms with Crippen molar-refractivity contribution < 1.29 is 14.3 Å². The zero-order valence-electron chi connectivity index (χ0n) is 14.3. The minimum Gasteiger partial charge on any atom is -0.459 e. The number of para-hydroxylation sites is 2. The van der Waals surface area contributed by atoms with Gasteiger partial charge in [-0.25, -0.2) is 0 Å². The lowest BCUT2D eigenvalue weighted by molar-refractivity contribution is -0.145. The largest absolute Gasteiger partial charge is 0.459 e. The summed E-state index contributed by atoms with van der Waals surface area (Å²) in [5, 5.41) is 2.82. The third-order valence-corrected chi connectivity index (χ3v) is 5.72. The van der Waals surface area contributed by atoms with E-state index in [-0.39, 0.29) is 22.0 Å². The van der Waals surface area contributed by atoms with Gasteiger partial charge in [-0.05, 0) is 36.4 Å². The van der Waals surface area contributed by atoms with Crippen molar-refractivity contribution in [2.45, 2.75) is 23.5 Å². The fourth-order valence-electron chi connectivity index (χ4n) is 2.94. The lowest BCUT2D eigenvalue weighted by Gasteiger charge is -2.25. The van der Waals surface area contributed by atoms with E-state index in [9.17, 15) is 9.59 Å². The summed E-state index contributed by atoms with van der Waals surface area (Å²) >= 11 is 2.29. The molecule has 0 bridgehead atoms. The number of benzene rings is 2. The molecule has 2 aromatic rings. The lowest BCUT2D eigenvalue weighted by atomic mass is 10.1. The molecule has 7 heteroatoms. The molecule has 0 aromatic heterocycles. The van der Waals surface area contributed by atoms with Crippen molar-refractivity contribution in [2.24, 2.45) is 0 Å². The van der Waals surface area contributed by atoms with Crippen molar-refractivity contribution in [2.75, 3.05) is 22.5 Å². The van der Waals surface area contributed by atoms with Crippen LogP contribution in [0.3, 0.4) is 0 Å². The van der Waals surface area contributed by atoms with E-state index in [2.05, 4.69) is 32.8 Å². The van der Waals surface area contributed by atoms with Gasteiger partial charge in [0.25, 0.3) is 5.91 Å². The molecule has 0 saturated carbocycles. The monoisotopic (exact) mass is 465 g/mol. The number of nitrogen functional groups attached to an aromatic ring is 1. The molecule has 6 nitrogen and oxygen atoms in total. The van der Waals surface area contributed by atoms with Crippen LogP contribution in [0.2, 0.25) is 0 Å². The minimum absolute atomic E-state index is 0.0697. The molecule has 26 heavy (non-hydrogen) atoms. The van der Waals surface area contributed by atoms with Gasteiger partial charge in [0, 0.05) is 31.1 Å². The Bertz CT molecular complexity index is 810. The molecule has 2 unspecified atom stereocenters. The number of hydrogen-bond donors (Lipinski definition) is 2. The molecule has 2 atom stereocenters. The number of rotatable bonds is 4. The molecular weight excluding hydrogens is 445 g/mol. The van der Waals surface area contributed by atoms with E-state index in [0.29, 0.717) is 16.9 Å². The van der Waals surface area contributed by atoms with Crippen LogP contribution in [0.25, 0.3) is 0 Å². The third kappa shape index (κ3) is 4.09. The molecule has 1 aliphatic rings. The zero-order chi connectivity index (χ0) is 18.7. The standard InChI is InChI=1S/C19H20IN3O3/c1-12(24)26-17-10-11-23(18(17)20)14-8-6-13(7-9-14)19(25)22-16-5-3-2-4-15(16)21/h2-9,17-18H,10-11,21H2,1H3,(H,22,25). The van der Waals surface area contributed by atoms with Crippen molar-refractivity contribution in [3.05, 3.63) is 54.1 Å². The third-order valence-electron chi connectivity index (χ3n) is 4.25. The van der Waals surface area contributed by atoms with Gasteiger partial charge in [-0.2, -0.15) is 0 Å². The summed E-state index contributed by atoms with van der Waals surface area (Å²) in [6.45, 7) is 2.23. The van der Waals surface area contributed by atoms with Crippen LogP contribution in [-0.4, -0.2) is 28.6 Å². The average molecular weight is 465 g/mol. The molecule has 1 amide bonds. The number of alkyl halides is 1. The second-order valence-corrected chi connectivity index (χ2v) is 7.37. The molecule has 0 aliphatic carbocycles. The van der Waals surface area contributed by atoms with Gasteiger partial charge in [-0.1, -0.05) is 34.7 Å². The van der Waals surface area contributed by atoms with E-state index in [1.165, 1.54) is 6.92 Å². The number of anilines is 3. The molecule has 1 saturated heterocycles. The van der Waals surface area contributed by atoms with Gasteiger partial charge in [0.15, 0.2) is 0 Å². The molecule has 136 valence electrons. The van der Waals surface area contributed by atoms with E-state index in [1.807, 2.05) is 24.3 Å². The Labute approximate surface area is 165 Å². The Hall–Kier alpha value is -2.29. The summed E-state index contributed by atoms with van der Waals surface area (Å²) < 4.78 is 5.42. The van der Waals surface area contributed by atoms with Crippen molar-refractivity contribution in [3.8, 4) is 0 Å². The van der Waals surface area contributed by atoms with E-state index in [0.717, 1.165) is 18.7 Å². The summed E-state index contributed by atoms with van der Waals surface area (Å²) in [5.74, 6) is -0.467. The first-order chi connectivity index (χ1) is 12.5. The maximum absolute atomic E-state index is 12.4. The van der Waals surface area contributed by atoms with Crippen LogP contribution in [0.5, 0.6) is 0 Å².